The molecule has 0 aliphatic rings. The lowest BCUT2D eigenvalue weighted by atomic mass is 10.3. The Morgan fingerprint density at radius 2 is 2.00 bits per heavy atom. The smallest absolute Gasteiger partial charge is 0.151 e. The predicted octanol–water partition coefficient (Wildman–Crippen LogP) is 3.05. The van der Waals surface area contributed by atoms with E-state index < -0.39 is 0 Å². The van der Waals surface area contributed by atoms with Gasteiger partial charge in [0, 0.05) is 7.05 Å². The molecular weight excluding hydrogens is 243 g/mol. The highest BCUT2D eigenvalue weighted by Crippen LogP contribution is 2.25. The van der Waals surface area contributed by atoms with E-state index in [-0.39, 0.29) is 5.82 Å². The molecule has 0 amide bonds. The molecule has 0 bridgehead atoms. The zero-order valence-electron chi connectivity index (χ0n) is 9.04. The van der Waals surface area contributed by atoms with Gasteiger partial charge >= 0.3 is 0 Å². The Balaban J connectivity index is 2.27. The van der Waals surface area contributed by atoms with Crippen molar-refractivity contribution in [3.63, 3.8) is 0 Å². The summed E-state index contributed by atoms with van der Waals surface area (Å²) in [4.78, 5) is 8.17. The van der Waals surface area contributed by atoms with Gasteiger partial charge in [-0.3, -0.25) is 4.98 Å². The van der Waals surface area contributed by atoms with E-state index >= 15 is 0 Å². The van der Waals surface area contributed by atoms with Crippen LogP contribution in [0.25, 0.3) is 0 Å². The molecule has 17 heavy (non-hydrogen) atoms. The summed E-state index contributed by atoms with van der Waals surface area (Å²) in [5.74, 6) is 0.738. The van der Waals surface area contributed by atoms with Gasteiger partial charge in [0.05, 0.1) is 23.1 Å². The summed E-state index contributed by atoms with van der Waals surface area (Å²) in [5, 5.41) is 6.18. The molecule has 0 saturated carbocycles. The van der Waals surface area contributed by atoms with Crippen molar-refractivity contribution in [2.24, 2.45) is 0 Å². The fourth-order valence-electron chi connectivity index (χ4n) is 1.28. The summed E-state index contributed by atoms with van der Waals surface area (Å²) in [6.45, 7) is 0. The van der Waals surface area contributed by atoms with Gasteiger partial charge in [-0.1, -0.05) is 11.6 Å². The highest BCUT2D eigenvalue weighted by Gasteiger charge is 2.04. The third-order valence-corrected chi connectivity index (χ3v) is 2.41. The Bertz CT molecular complexity index is 533. The zero-order valence-corrected chi connectivity index (χ0v) is 9.79. The van der Waals surface area contributed by atoms with E-state index in [0.29, 0.717) is 22.3 Å². The quantitative estimate of drug-likeness (QED) is 0.882. The lowest BCUT2D eigenvalue weighted by Gasteiger charge is -2.08. The van der Waals surface area contributed by atoms with Crippen molar-refractivity contribution in [3.8, 4) is 0 Å². The van der Waals surface area contributed by atoms with Crippen LogP contribution in [-0.4, -0.2) is 17.0 Å². The molecule has 0 aliphatic carbocycles. The van der Waals surface area contributed by atoms with E-state index in [1.54, 1.807) is 13.2 Å². The van der Waals surface area contributed by atoms with Crippen molar-refractivity contribution >= 4 is 28.9 Å². The number of halogens is 2. The Morgan fingerprint density at radius 1 is 1.24 bits per heavy atom. The van der Waals surface area contributed by atoms with E-state index in [0.717, 1.165) is 0 Å². The normalized spacial score (nSPS) is 10.1. The molecule has 0 atom stereocenters. The summed E-state index contributed by atoms with van der Waals surface area (Å²) in [5.41, 5.74) is 0.453. The average molecular weight is 253 g/mol. The lowest BCUT2D eigenvalue weighted by molar-refractivity contribution is 0.628. The molecule has 2 aromatic rings. The lowest BCUT2D eigenvalue weighted by Crippen LogP contribution is -1.99. The fraction of sp³-hybridized carbons (Fsp3) is 0.0909. The van der Waals surface area contributed by atoms with Crippen LogP contribution < -0.4 is 10.6 Å². The van der Waals surface area contributed by atoms with Gasteiger partial charge in [-0.2, -0.15) is 0 Å². The zero-order chi connectivity index (χ0) is 12.3. The second-order valence-corrected chi connectivity index (χ2v) is 3.70. The van der Waals surface area contributed by atoms with E-state index in [2.05, 4.69) is 20.6 Å². The van der Waals surface area contributed by atoms with Crippen LogP contribution >= 0.6 is 11.6 Å². The molecule has 0 unspecified atom stereocenters. The van der Waals surface area contributed by atoms with Gasteiger partial charge in [0.2, 0.25) is 0 Å². The minimum Gasteiger partial charge on any atom is -0.372 e. The molecule has 0 radical (unpaired) electrons. The van der Waals surface area contributed by atoms with Crippen LogP contribution in [-0.2, 0) is 0 Å². The first-order valence-electron chi connectivity index (χ1n) is 4.91. The molecule has 88 valence electrons. The van der Waals surface area contributed by atoms with Crippen molar-refractivity contribution in [3.05, 3.63) is 41.4 Å². The van der Waals surface area contributed by atoms with Gasteiger partial charge < -0.3 is 10.6 Å². The summed E-state index contributed by atoms with van der Waals surface area (Å²) < 4.78 is 13.0. The largest absolute Gasteiger partial charge is 0.372 e. The Labute approximate surface area is 103 Å². The number of rotatable bonds is 3. The molecule has 2 rings (SSSR count). The number of aromatic nitrogens is 2. The van der Waals surface area contributed by atoms with Crippen molar-refractivity contribution in [2.45, 2.75) is 0 Å². The summed E-state index contributed by atoms with van der Waals surface area (Å²) >= 11 is 5.93. The van der Waals surface area contributed by atoms with Crippen molar-refractivity contribution < 1.29 is 4.39 Å². The van der Waals surface area contributed by atoms with Crippen LogP contribution in [0.5, 0.6) is 0 Å². The summed E-state index contributed by atoms with van der Waals surface area (Å²) in [6.07, 6.45) is 3.11. The van der Waals surface area contributed by atoms with E-state index in [4.69, 9.17) is 11.6 Å². The third-order valence-electron chi connectivity index (χ3n) is 2.08. The Morgan fingerprint density at radius 3 is 2.76 bits per heavy atom. The van der Waals surface area contributed by atoms with Crippen molar-refractivity contribution in [1.29, 1.82) is 0 Å². The average Bonchev–Trinajstić information content (AvgIpc) is 2.34. The molecule has 4 nitrogen and oxygen atoms in total. The summed E-state index contributed by atoms with van der Waals surface area (Å²) in [6, 6.07) is 4.08. The highest BCUT2D eigenvalue weighted by molar-refractivity contribution is 6.33. The second-order valence-electron chi connectivity index (χ2n) is 3.29. The minimum absolute atomic E-state index is 0.366. The predicted molar refractivity (Wildman–Crippen MR) is 66.3 cm³/mol. The number of nitrogens with one attached hydrogen (secondary N) is 2. The molecule has 1 heterocycles. The van der Waals surface area contributed by atoms with E-state index in [1.165, 1.54) is 24.4 Å². The maximum atomic E-state index is 13.0. The number of benzene rings is 1. The molecule has 1 aromatic heterocycles. The Hall–Kier alpha value is -1.88. The highest BCUT2D eigenvalue weighted by atomic mass is 35.5. The molecule has 0 fully saturated rings. The van der Waals surface area contributed by atoms with Crippen LogP contribution in [0.15, 0.2) is 30.6 Å². The Kier molecular flexibility index (Phi) is 3.39. The molecule has 2 N–H and O–H groups in total. The summed E-state index contributed by atoms with van der Waals surface area (Å²) in [7, 11) is 1.74. The third kappa shape index (κ3) is 2.82. The standard InChI is InChI=1S/C11H10ClFN4/c1-14-10-5-15-6-11(17-10)16-9-4-7(13)2-3-8(9)12/h2-6H,1H3,(H2,14,16,17). The van der Waals surface area contributed by atoms with Gasteiger partial charge in [-0.15, -0.1) is 0 Å². The molecule has 1 aromatic carbocycles. The topological polar surface area (TPSA) is 49.8 Å². The molecule has 6 heteroatoms. The van der Waals surface area contributed by atoms with Crippen LogP contribution in [0, 0.1) is 5.82 Å². The van der Waals surface area contributed by atoms with Crippen molar-refractivity contribution in [1.82, 2.24) is 9.97 Å². The van der Waals surface area contributed by atoms with Gasteiger partial charge in [0.25, 0.3) is 0 Å². The van der Waals surface area contributed by atoms with Crippen LogP contribution in [0.2, 0.25) is 5.02 Å². The van der Waals surface area contributed by atoms with Gasteiger partial charge in [0.1, 0.15) is 11.6 Å². The van der Waals surface area contributed by atoms with E-state index in [1.807, 2.05) is 0 Å². The molecule has 0 saturated heterocycles. The number of nitrogens with zero attached hydrogens (tertiary/aromatic N) is 2. The first-order valence-corrected chi connectivity index (χ1v) is 5.28. The second kappa shape index (κ2) is 4.97. The fourth-order valence-corrected chi connectivity index (χ4v) is 1.44. The maximum absolute atomic E-state index is 13.0. The first kappa shape index (κ1) is 11.6. The first-order chi connectivity index (χ1) is 8.19. The van der Waals surface area contributed by atoms with Gasteiger partial charge in [-0.25, -0.2) is 9.37 Å². The van der Waals surface area contributed by atoms with Crippen LogP contribution in [0.4, 0.5) is 21.7 Å². The maximum Gasteiger partial charge on any atom is 0.151 e. The molecular formula is C11H10ClFN4. The van der Waals surface area contributed by atoms with E-state index in [9.17, 15) is 4.39 Å². The number of anilines is 3. The number of hydrogen-bond donors (Lipinski definition) is 2. The molecule has 0 spiro atoms. The van der Waals surface area contributed by atoms with Crippen LogP contribution in [0.3, 0.4) is 0 Å². The SMILES string of the molecule is CNc1cncc(Nc2cc(F)ccc2Cl)n1. The van der Waals surface area contributed by atoms with Crippen LogP contribution in [0.1, 0.15) is 0 Å². The number of hydrogen-bond acceptors (Lipinski definition) is 4. The van der Waals surface area contributed by atoms with Crippen molar-refractivity contribution in [2.75, 3.05) is 17.7 Å². The molecule has 0 aliphatic heterocycles. The van der Waals surface area contributed by atoms with Gasteiger partial charge in [0.15, 0.2) is 5.82 Å². The monoisotopic (exact) mass is 252 g/mol. The van der Waals surface area contributed by atoms with Gasteiger partial charge in [-0.05, 0) is 18.2 Å². The minimum atomic E-state index is -0.366.